The fourth-order valence-corrected chi connectivity index (χ4v) is 3.48. The Balaban J connectivity index is 0.000000963. The first-order chi connectivity index (χ1) is 7.24. The Morgan fingerprint density at radius 2 is 2.12 bits per heavy atom. The Hall–Kier alpha value is -0.280. The third-order valence-corrected chi connectivity index (χ3v) is 4.63. The number of nitrogens with one attached hydrogen (secondary N) is 1. The van der Waals surface area contributed by atoms with Crippen molar-refractivity contribution >= 4 is 18.3 Å². The summed E-state index contributed by atoms with van der Waals surface area (Å²) in [6.07, 6.45) is 6.04. The number of carbonyl (C=O) groups excluding carboxylic acids is 1. The minimum absolute atomic E-state index is 0. The average molecular weight is 245 g/mol. The van der Waals surface area contributed by atoms with Gasteiger partial charge in [-0.2, -0.15) is 0 Å². The van der Waals surface area contributed by atoms with Crippen LogP contribution in [0.4, 0.5) is 0 Å². The van der Waals surface area contributed by atoms with Crippen molar-refractivity contribution in [1.29, 1.82) is 0 Å². The van der Waals surface area contributed by atoms with E-state index in [0.717, 1.165) is 19.5 Å². The van der Waals surface area contributed by atoms with Crippen LogP contribution >= 0.6 is 12.4 Å². The standard InChI is InChI=1S/C12H20N2O.ClH/c1-14(10-4-5-10)11(15)12-6-2-3-9(12)7-13-8-12;/h9-10,13H,2-8H2,1H3;1H/t9-,12-;/m1./s1. The molecule has 2 aliphatic carbocycles. The lowest BCUT2D eigenvalue weighted by molar-refractivity contribution is -0.141. The Kier molecular flexibility index (Phi) is 3.19. The summed E-state index contributed by atoms with van der Waals surface area (Å²) in [4.78, 5) is 14.5. The fourth-order valence-electron chi connectivity index (χ4n) is 3.48. The van der Waals surface area contributed by atoms with Crippen molar-refractivity contribution in [3.05, 3.63) is 0 Å². The summed E-state index contributed by atoms with van der Waals surface area (Å²) in [7, 11) is 2.00. The summed E-state index contributed by atoms with van der Waals surface area (Å²) >= 11 is 0. The number of amides is 1. The first-order valence-corrected chi connectivity index (χ1v) is 6.22. The highest BCUT2D eigenvalue weighted by atomic mass is 35.5. The molecule has 3 nitrogen and oxygen atoms in total. The molecule has 0 spiro atoms. The quantitative estimate of drug-likeness (QED) is 0.797. The molecule has 1 aliphatic heterocycles. The SMILES string of the molecule is CN(C(=O)[C@@]12CCC[C@@H]1CNC2)C1CC1.Cl. The van der Waals surface area contributed by atoms with Crippen molar-refractivity contribution in [2.45, 2.75) is 38.1 Å². The van der Waals surface area contributed by atoms with E-state index in [1.165, 1.54) is 25.7 Å². The molecule has 1 N–H and O–H groups in total. The van der Waals surface area contributed by atoms with Crippen LogP contribution in [0.5, 0.6) is 0 Å². The zero-order chi connectivity index (χ0) is 10.5. The monoisotopic (exact) mass is 244 g/mol. The smallest absolute Gasteiger partial charge is 0.230 e. The van der Waals surface area contributed by atoms with Gasteiger partial charge >= 0.3 is 0 Å². The first kappa shape index (κ1) is 12.2. The van der Waals surface area contributed by atoms with Crippen LogP contribution in [0.1, 0.15) is 32.1 Å². The average Bonchev–Trinajstić information content (AvgIpc) is 2.86. The summed E-state index contributed by atoms with van der Waals surface area (Å²) in [6.45, 7) is 1.98. The molecule has 1 heterocycles. The lowest BCUT2D eigenvalue weighted by Gasteiger charge is -2.32. The van der Waals surface area contributed by atoms with E-state index in [1.54, 1.807) is 0 Å². The maximum absolute atomic E-state index is 12.5. The number of nitrogens with zero attached hydrogens (tertiary/aromatic N) is 1. The molecule has 1 amide bonds. The van der Waals surface area contributed by atoms with Crippen LogP contribution in [0.15, 0.2) is 0 Å². The van der Waals surface area contributed by atoms with Gasteiger partial charge in [0.1, 0.15) is 0 Å². The molecular weight excluding hydrogens is 224 g/mol. The summed E-state index contributed by atoms with van der Waals surface area (Å²) in [5.41, 5.74) is -0.0165. The van der Waals surface area contributed by atoms with Crippen LogP contribution in [0, 0.1) is 11.3 Å². The minimum atomic E-state index is -0.0165. The Morgan fingerprint density at radius 1 is 1.38 bits per heavy atom. The molecule has 0 aromatic carbocycles. The minimum Gasteiger partial charge on any atom is -0.342 e. The number of fused-ring (bicyclic) bond motifs is 1. The zero-order valence-electron chi connectivity index (χ0n) is 9.87. The number of hydrogen-bond donors (Lipinski definition) is 1. The van der Waals surface area contributed by atoms with Gasteiger partial charge in [-0.25, -0.2) is 0 Å². The molecule has 2 atom stereocenters. The van der Waals surface area contributed by atoms with Gasteiger partial charge in [0, 0.05) is 19.6 Å². The highest BCUT2D eigenvalue weighted by Crippen LogP contribution is 2.47. The van der Waals surface area contributed by atoms with E-state index in [4.69, 9.17) is 0 Å². The van der Waals surface area contributed by atoms with Gasteiger partial charge in [-0.05, 0) is 38.1 Å². The second-order valence-corrected chi connectivity index (χ2v) is 5.52. The van der Waals surface area contributed by atoms with Crippen LogP contribution in [0.25, 0.3) is 0 Å². The second-order valence-electron chi connectivity index (χ2n) is 5.52. The molecule has 16 heavy (non-hydrogen) atoms. The van der Waals surface area contributed by atoms with E-state index < -0.39 is 0 Å². The second kappa shape index (κ2) is 4.19. The molecule has 3 fully saturated rings. The van der Waals surface area contributed by atoms with Crippen molar-refractivity contribution in [3.63, 3.8) is 0 Å². The number of rotatable bonds is 2. The Bertz CT molecular complexity index is 281. The lowest BCUT2D eigenvalue weighted by atomic mass is 9.79. The van der Waals surface area contributed by atoms with E-state index in [9.17, 15) is 4.79 Å². The fraction of sp³-hybridized carbons (Fsp3) is 0.917. The molecule has 2 saturated carbocycles. The van der Waals surface area contributed by atoms with Gasteiger partial charge in [-0.1, -0.05) is 6.42 Å². The van der Waals surface area contributed by atoms with Gasteiger partial charge in [0.2, 0.25) is 5.91 Å². The van der Waals surface area contributed by atoms with Gasteiger partial charge in [0.05, 0.1) is 5.41 Å². The van der Waals surface area contributed by atoms with Crippen LogP contribution < -0.4 is 5.32 Å². The maximum atomic E-state index is 12.5. The van der Waals surface area contributed by atoms with Crippen LogP contribution in [-0.4, -0.2) is 37.0 Å². The Morgan fingerprint density at radius 3 is 2.81 bits per heavy atom. The van der Waals surface area contributed by atoms with Crippen LogP contribution in [0.3, 0.4) is 0 Å². The predicted octanol–water partition coefficient (Wildman–Crippen LogP) is 1.42. The van der Waals surface area contributed by atoms with Gasteiger partial charge in [0.15, 0.2) is 0 Å². The van der Waals surface area contributed by atoms with E-state index in [-0.39, 0.29) is 17.8 Å². The van der Waals surface area contributed by atoms with Gasteiger partial charge in [-0.15, -0.1) is 12.4 Å². The van der Waals surface area contributed by atoms with Crippen LogP contribution in [-0.2, 0) is 4.79 Å². The normalized spacial score (nSPS) is 36.7. The summed E-state index contributed by atoms with van der Waals surface area (Å²) < 4.78 is 0. The van der Waals surface area contributed by atoms with E-state index >= 15 is 0 Å². The molecule has 0 unspecified atom stereocenters. The molecule has 4 heteroatoms. The van der Waals surface area contributed by atoms with E-state index in [1.807, 2.05) is 11.9 Å². The molecule has 0 aromatic heterocycles. The van der Waals surface area contributed by atoms with E-state index in [2.05, 4.69) is 5.32 Å². The summed E-state index contributed by atoms with van der Waals surface area (Å²) in [5.74, 6) is 1.05. The molecule has 92 valence electrons. The topological polar surface area (TPSA) is 32.3 Å². The summed E-state index contributed by atoms with van der Waals surface area (Å²) in [5, 5.41) is 3.41. The van der Waals surface area contributed by atoms with Gasteiger partial charge in [-0.3, -0.25) is 4.79 Å². The number of carbonyl (C=O) groups is 1. The van der Waals surface area contributed by atoms with Gasteiger partial charge in [0.25, 0.3) is 0 Å². The van der Waals surface area contributed by atoms with Crippen molar-refractivity contribution in [2.75, 3.05) is 20.1 Å². The molecule has 1 saturated heterocycles. The van der Waals surface area contributed by atoms with Crippen molar-refractivity contribution < 1.29 is 4.79 Å². The maximum Gasteiger partial charge on any atom is 0.230 e. The zero-order valence-corrected chi connectivity index (χ0v) is 10.7. The van der Waals surface area contributed by atoms with Crippen molar-refractivity contribution in [2.24, 2.45) is 11.3 Å². The van der Waals surface area contributed by atoms with Gasteiger partial charge < -0.3 is 10.2 Å². The molecular formula is C12H21ClN2O. The Labute approximate surface area is 103 Å². The third kappa shape index (κ3) is 1.65. The van der Waals surface area contributed by atoms with Crippen molar-refractivity contribution in [1.82, 2.24) is 10.2 Å². The molecule has 3 aliphatic rings. The number of halogens is 1. The number of hydrogen-bond acceptors (Lipinski definition) is 2. The molecule has 0 radical (unpaired) electrons. The molecule has 0 bridgehead atoms. The third-order valence-electron chi connectivity index (χ3n) is 4.63. The lowest BCUT2D eigenvalue weighted by Crippen LogP contribution is -2.45. The first-order valence-electron chi connectivity index (χ1n) is 6.22. The largest absolute Gasteiger partial charge is 0.342 e. The van der Waals surface area contributed by atoms with Crippen molar-refractivity contribution in [3.8, 4) is 0 Å². The van der Waals surface area contributed by atoms with E-state index in [0.29, 0.717) is 17.9 Å². The molecule has 3 rings (SSSR count). The highest BCUT2D eigenvalue weighted by molar-refractivity contribution is 5.85. The predicted molar refractivity (Wildman–Crippen MR) is 65.7 cm³/mol. The summed E-state index contributed by atoms with van der Waals surface area (Å²) in [6, 6.07) is 0.564. The molecule has 0 aromatic rings. The highest BCUT2D eigenvalue weighted by Gasteiger charge is 2.53. The van der Waals surface area contributed by atoms with Crippen LogP contribution in [0.2, 0.25) is 0 Å².